The fourth-order valence-electron chi connectivity index (χ4n) is 8.02. The highest BCUT2D eigenvalue weighted by molar-refractivity contribution is 5.93. The molecule has 29 heavy (non-hydrogen) atoms. The Bertz CT molecular complexity index is 754. The first-order chi connectivity index (χ1) is 13.6. The average molecular weight is 401 g/mol. The van der Waals surface area contributed by atoms with Gasteiger partial charge in [0.25, 0.3) is 0 Å². The summed E-state index contributed by atoms with van der Waals surface area (Å²) in [6.45, 7) is 8.21. The molecule has 4 nitrogen and oxygen atoms in total. The van der Waals surface area contributed by atoms with Crippen molar-refractivity contribution in [1.29, 1.82) is 0 Å². The van der Waals surface area contributed by atoms with Gasteiger partial charge in [0, 0.05) is 43.4 Å². The average Bonchev–Trinajstić information content (AvgIpc) is 3.01. The van der Waals surface area contributed by atoms with Gasteiger partial charge in [-0.3, -0.25) is 14.4 Å². The predicted octanol–water partition coefficient (Wildman–Crippen LogP) is 4.58. The Morgan fingerprint density at radius 3 is 2.48 bits per heavy atom. The first-order valence-corrected chi connectivity index (χ1v) is 11.7. The molecule has 4 saturated carbocycles. The molecule has 0 aromatic heterocycles. The number of hydrogen-bond donors (Lipinski definition) is 0. The summed E-state index contributed by atoms with van der Waals surface area (Å²) in [7, 11) is 0. The van der Waals surface area contributed by atoms with E-state index in [9.17, 15) is 19.2 Å². The third kappa shape index (κ3) is 3.08. The van der Waals surface area contributed by atoms with Crippen LogP contribution in [0.25, 0.3) is 0 Å². The molecule has 160 valence electrons. The smallest absolute Gasteiger partial charge is 0.139 e. The molecular weight excluding hydrogens is 364 g/mol. The van der Waals surface area contributed by atoms with Gasteiger partial charge in [0.15, 0.2) is 0 Å². The number of fused-ring (bicyclic) bond motifs is 5. The Morgan fingerprint density at radius 1 is 1.07 bits per heavy atom. The molecule has 4 fully saturated rings. The number of Topliss-reactive ketones (excluding diaryl/α,β-unsaturated/α-hetero) is 4. The second-order valence-electron chi connectivity index (χ2n) is 11.2. The predicted molar refractivity (Wildman–Crippen MR) is 110 cm³/mol. The highest BCUT2D eigenvalue weighted by Crippen LogP contribution is 2.66. The van der Waals surface area contributed by atoms with Crippen molar-refractivity contribution in [3.63, 3.8) is 0 Å². The van der Waals surface area contributed by atoms with Crippen molar-refractivity contribution in [2.75, 3.05) is 0 Å². The van der Waals surface area contributed by atoms with Crippen LogP contribution in [0, 0.1) is 46.3 Å². The third-order valence-corrected chi connectivity index (χ3v) is 9.86. The van der Waals surface area contributed by atoms with Gasteiger partial charge in [-0.2, -0.15) is 0 Å². The molecule has 0 bridgehead atoms. The maximum atomic E-state index is 13.6. The zero-order valence-corrected chi connectivity index (χ0v) is 18.5. The molecule has 0 aromatic carbocycles. The summed E-state index contributed by atoms with van der Waals surface area (Å²) in [6, 6.07) is 0. The number of rotatable bonds is 4. The maximum absolute atomic E-state index is 13.6. The van der Waals surface area contributed by atoms with Gasteiger partial charge < -0.3 is 4.79 Å². The standard InChI is InChI=1S/C25H36O4/c1-14(5-6-15(2)26)18-7-8-19-23-20(13-22(29)25(18,19)4)24(3)10-9-17(27)11-16(24)12-21(23)28/h14,16,18-20,23H,5-13H2,1-4H3/t14-,16?,18-,19?,20?,23?,24+,25?/m1/s1. The van der Waals surface area contributed by atoms with Crippen LogP contribution in [0.2, 0.25) is 0 Å². The second-order valence-corrected chi connectivity index (χ2v) is 11.2. The molecule has 0 spiro atoms. The minimum Gasteiger partial charge on any atom is -0.300 e. The summed E-state index contributed by atoms with van der Waals surface area (Å²) in [4.78, 5) is 50.5. The minimum absolute atomic E-state index is 0.0165. The molecular formula is C25H36O4. The van der Waals surface area contributed by atoms with Crippen molar-refractivity contribution in [3.05, 3.63) is 0 Å². The van der Waals surface area contributed by atoms with E-state index in [4.69, 9.17) is 0 Å². The van der Waals surface area contributed by atoms with Crippen molar-refractivity contribution in [3.8, 4) is 0 Å². The van der Waals surface area contributed by atoms with Crippen molar-refractivity contribution in [2.24, 2.45) is 46.3 Å². The van der Waals surface area contributed by atoms with Crippen LogP contribution in [0.4, 0.5) is 0 Å². The molecule has 4 aliphatic rings. The van der Waals surface area contributed by atoms with Gasteiger partial charge >= 0.3 is 0 Å². The van der Waals surface area contributed by atoms with Crippen LogP contribution in [-0.2, 0) is 19.2 Å². The van der Waals surface area contributed by atoms with E-state index in [0.29, 0.717) is 49.6 Å². The molecule has 0 amide bonds. The molecule has 0 aliphatic heterocycles. The van der Waals surface area contributed by atoms with E-state index in [0.717, 1.165) is 25.7 Å². The normalized spacial score (nSPS) is 45.4. The van der Waals surface area contributed by atoms with E-state index in [2.05, 4.69) is 20.8 Å². The van der Waals surface area contributed by atoms with E-state index in [-0.39, 0.29) is 46.6 Å². The molecule has 4 aliphatic carbocycles. The summed E-state index contributed by atoms with van der Waals surface area (Å²) < 4.78 is 0. The van der Waals surface area contributed by atoms with Crippen molar-refractivity contribution in [1.82, 2.24) is 0 Å². The van der Waals surface area contributed by atoms with Gasteiger partial charge in [-0.1, -0.05) is 20.8 Å². The molecule has 8 atom stereocenters. The molecule has 5 unspecified atom stereocenters. The molecule has 0 saturated heterocycles. The molecule has 4 heteroatoms. The van der Waals surface area contributed by atoms with Crippen LogP contribution in [0.15, 0.2) is 0 Å². The maximum Gasteiger partial charge on any atom is 0.139 e. The largest absolute Gasteiger partial charge is 0.300 e. The fourth-order valence-corrected chi connectivity index (χ4v) is 8.02. The molecule has 0 heterocycles. The molecule has 0 N–H and O–H groups in total. The van der Waals surface area contributed by atoms with E-state index in [1.165, 1.54) is 0 Å². The zero-order chi connectivity index (χ0) is 21.1. The first-order valence-electron chi connectivity index (χ1n) is 11.7. The lowest BCUT2D eigenvalue weighted by Gasteiger charge is -2.58. The van der Waals surface area contributed by atoms with Crippen molar-refractivity contribution in [2.45, 2.75) is 85.5 Å². The van der Waals surface area contributed by atoms with E-state index in [1.807, 2.05) is 0 Å². The number of hydrogen-bond acceptors (Lipinski definition) is 4. The van der Waals surface area contributed by atoms with Crippen molar-refractivity contribution >= 4 is 23.1 Å². The highest BCUT2D eigenvalue weighted by atomic mass is 16.1. The molecule has 0 radical (unpaired) electrons. The van der Waals surface area contributed by atoms with E-state index < -0.39 is 5.41 Å². The number of ketones is 4. The third-order valence-electron chi connectivity index (χ3n) is 9.86. The first kappa shape index (κ1) is 20.9. The number of carbonyl (C=O) groups excluding carboxylic acids is 4. The molecule has 0 aromatic rings. The Morgan fingerprint density at radius 2 is 1.79 bits per heavy atom. The van der Waals surface area contributed by atoms with Gasteiger partial charge in [-0.25, -0.2) is 0 Å². The highest BCUT2D eigenvalue weighted by Gasteiger charge is 2.66. The van der Waals surface area contributed by atoms with Crippen LogP contribution >= 0.6 is 0 Å². The fraction of sp³-hybridized carbons (Fsp3) is 0.840. The summed E-state index contributed by atoms with van der Waals surface area (Å²) in [5.41, 5.74) is -0.484. The van der Waals surface area contributed by atoms with Gasteiger partial charge in [0.05, 0.1) is 0 Å². The van der Waals surface area contributed by atoms with Gasteiger partial charge in [-0.15, -0.1) is 0 Å². The van der Waals surface area contributed by atoms with Gasteiger partial charge in [0.2, 0.25) is 0 Å². The monoisotopic (exact) mass is 400 g/mol. The lowest BCUT2D eigenvalue weighted by molar-refractivity contribution is -0.166. The minimum atomic E-state index is -0.430. The van der Waals surface area contributed by atoms with Crippen LogP contribution in [-0.4, -0.2) is 23.1 Å². The van der Waals surface area contributed by atoms with Crippen LogP contribution in [0.3, 0.4) is 0 Å². The van der Waals surface area contributed by atoms with Crippen LogP contribution < -0.4 is 0 Å². The Hall–Kier alpha value is -1.32. The topological polar surface area (TPSA) is 68.3 Å². The lowest BCUT2D eigenvalue weighted by atomic mass is 9.44. The zero-order valence-electron chi connectivity index (χ0n) is 18.5. The molecule has 4 rings (SSSR count). The summed E-state index contributed by atoms with van der Waals surface area (Å²) in [5.74, 6) is 2.10. The summed E-state index contributed by atoms with van der Waals surface area (Å²) in [5, 5.41) is 0. The van der Waals surface area contributed by atoms with Gasteiger partial charge in [0.1, 0.15) is 23.1 Å². The lowest BCUT2D eigenvalue weighted by Crippen LogP contribution is -2.60. The van der Waals surface area contributed by atoms with Crippen molar-refractivity contribution < 1.29 is 19.2 Å². The Balaban J connectivity index is 1.63. The van der Waals surface area contributed by atoms with E-state index in [1.54, 1.807) is 6.92 Å². The Kier molecular flexibility index (Phi) is 5.15. The number of carbonyl (C=O) groups is 4. The van der Waals surface area contributed by atoms with Crippen LogP contribution in [0.1, 0.15) is 85.5 Å². The Labute approximate surface area is 174 Å². The quantitative estimate of drug-likeness (QED) is 0.693. The summed E-state index contributed by atoms with van der Waals surface area (Å²) in [6.07, 6.45) is 6.32. The SMILES string of the molecule is CC(=O)CC[C@@H](C)[C@H]1CCC2C3C(=O)CC4CC(=O)CC[C@]4(C)C3CC(=O)C21C. The summed E-state index contributed by atoms with van der Waals surface area (Å²) >= 11 is 0. The van der Waals surface area contributed by atoms with Crippen LogP contribution in [0.5, 0.6) is 0 Å². The van der Waals surface area contributed by atoms with Gasteiger partial charge in [-0.05, 0) is 67.6 Å². The van der Waals surface area contributed by atoms with E-state index >= 15 is 0 Å². The second kappa shape index (κ2) is 7.13.